The summed E-state index contributed by atoms with van der Waals surface area (Å²) < 4.78 is 0. The zero-order chi connectivity index (χ0) is 18.6. The highest BCUT2D eigenvalue weighted by Gasteiger charge is 2.15. The molecule has 0 radical (unpaired) electrons. The fourth-order valence-corrected chi connectivity index (χ4v) is 3.92. The van der Waals surface area contributed by atoms with Gasteiger partial charge in [-0.3, -0.25) is 10.1 Å². The van der Waals surface area contributed by atoms with Gasteiger partial charge in [0.25, 0.3) is 5.69 Å². The molecule has 132 valence electrons. The smallest absolute Gasteiger partial charge is 0.258 e. The Balaban J connectivity index is 1.71. The Morgan fingerprint density at radius 2 is 1.48 bits per heavy atom. The van der Waals surface area contributed by atoms with Gasteiger partial charge in [-0.25, -0.2) is 0 Å². The molecule has 0 fully saturated rings. The van der Waals surface area contributed by atoms with Gasteiger partial charge in [-0.1, -0.05) is 84.6 Å². The Bertz CT molecular complexity index is 1120. The molecule has 0 saturated carbocycles. The van der Waals surface area contributed by atoms with Gasteiger partial charge in [-0.05, 0) is 0 Å². The van der Waals surface area contributed by atoms with Crippen molar-refractivity contribution in [2.75, 3.05) is 0 Å². The molecule has 0 unspecified atom stereocenters. The molecule has 5 nitrogen and oxygen atoms in total. The summed E-state index contributed by atoms with van der Waals surface area (Å²) >= 11 is 1.46. The molecule has 0 atom stereocenters. The maximum atomic E-state index is 11.2. The average Bonchev–Trinajstić information content (AvgIpc) is 2.72. The number of nitrogens with zero attached hydrogens (tertiary/aromatic N) is 3. The standard InChI is InChI=1S/C21H15N3O2S/c25-24(26)19-13-7-4-10-16(19)14-27-21-18-12-6-5-11-17(18)20(22-23-21)15-8-2-1-3-9-15/h1-13H,14H2. The SMILES string of the molecule is O=[N+]([O-])c1ccccc1CSc1nnc(-c2ccccc2)c2ccccc12. The van der Waals surface area contributed by atoms with E-state index in [0.717, 1.165) is 27.1 Å². The Labute approximate surface area is 160 Å². The van der Waals surface area contributed by atoms with Gasteiger partial charge in [0.05, 0.1) is 4.92 Å². The zero-order valence-corrected chi connectivity index (χ0v) is 15.1. The van der Waals surface area contributed by atoms with Gasteiger partial charge >= 0.3 is 0 Å². The molecule has 1 aromatic heterocycles. The Kier molecular flexibility index (Phi) is 4.80. The van der Waals surface area contributed by atoms with Crippen LogP contribution in [0, 0.1) is 10.1 Å². The minimum absolute atomic E-state index is 0.128. The Morgan fingerprint density at radius 1 is 0.815 bits per heavy atom. The summed E-state index contributed by atoms with van der Waals surface area (Å²) in [5.74, 6) is 0.459. The second kappa shape index (κ2) is 7.55. The molecule has 0 bridgehead atoms. The molecule has 0 aliphatic rings. The number of benzene rings is 3. The summed E-state index contributed by atoms with van der Waals surface area (Å²) in [7, 11) is 0. The lowest BCUT2D eigenvalue weighted by atomic mass is 10.1. The van der Waals surface area contributed by atoms with E-state index in [1.807, 2.05) is 60.7 Å². The van der Waals surface area contributed by atoms with Crippen molar-refractivity contribution < 1.29 is 4.92 Å². The van der Waals surface area contributed by atoms with E-state index in [-0.39, 0.29) is 10.6 Å². The van der Waals surface area contributed by atoms with Gasteiger partial charge in [0.15, 0.2) is 0 Å². The molecule has 4 rings (SSSR count). The average molecular weight is 373 g/mol. The van der Waals surface area contributed by atoms with Crippen LogP contribution in [0.4, 0.5) is 5.69 Å². The normalized spacial score (nSPS) is 10.8. The molecule has 27 heavy (non-hydrogen) atoms. The Morgan fingerprint density at radius 3 is 2.26 bits per heavy atom. The first-order valence-corrected chi connectivity index (χ1v) is 9.38. The first kappa shape index (κ1) is 17.2. The lowest BCUT2D eigenvalue weighted by Gasteiger charge is -2.09. The van der Waals surface area contributed by atoms with Crippen LogP contribution in [-0.2, 0) is 5.75 Å². The van der Waals surface area contributed by atoms with Crippen LogP contribution in [0.25, 0.3) is 22.0 Å². The molecule has 0 N–H and O–H groups in total. The lowest BCUT2D eigenvalue weighted by molar-refractivity contribution is -0.385. The fourth-order valence-electron chi connectivity index (χ4n) is 2.95. The van der Waals surface area contributed by atoms with E-state index in [4.69, 9.17) is 0 Å². The second-order valence-corrected chi connectivity index (χ2v) is 6.90. The number of fused-ring (bicyclic) bond motifs is 1. The van der Waals surface area contributed by atoms with Gasteiger partial charge < -0.3 is 0 Å². The molecule has 0 aliphatic carbocycles. The van der Waals surface area contributed by atoms with Gasteiger partial charge in [0.1, 0.15) is 10.7 Å². The number of hydrogen-bond donors (Lipinski definition) is 0. The highest BCUT2D eigenvalue weighted by atomic mass is 32.2. The van der Waals surface area contributed by atoms with Gasteiger partial charge in [0.2, 0.25) is 0 Å². The molecule has 6 heteroatoms. The van der Waals surface area contributed by atoms with Crippen LogP contribution in [0.1, 0.15) is 5.56 Å². The molecule has 0 amide bonds. The second-order valence-electron chi connectivity index (χ2n) is 5.94. The minimum atomic E-state index is -0.349. The molecule has 0 spiro atoms. The molecule has 0 aliphatic heterocycles. The van der Waals surface area contributed by atoms with Gasteiger partial charge in [0, 0.05) is 33.7 Å². The fraction of sp³-hybridized carbons (Fsp3) is 0.0476. The predicted molar refractivity (Wildman–Crippen MR) is 108 cm³/mol. The van der Waals surface area contributed by atoms with E-state index in [1.165, 1.54) is 17.8 Å². The number of aromatic nitrogens is 2. The molecular formula is C21H15N3O2S. The summed E-state index contributed by atoms with van der Waals surface area (Å²) in [6.07, 6.45) is 0. The van der Waals surface area contributed by atoms with Crippen LogP contribution >= 0.6 is 11.8 Å². The van der Waals surface area contributed by atoms with Crippen LogP contribution < -0.4 is 0 Å². The van der Waals surface area contributed by atoms with Crippen molar-refractivity contribution in [3.63, 3.8) is 0 Å². The van der Waals surface area contributed by atoms with E-state index >= 15 is 0 Å². The molecule has 4 aromatic rings. The Hall–Kier alpha value is -3.25. The van der Waals surface area contributed by atoms with E-state index in [9.17, 15) is 10.1 Å². The predicted octanol–water partition coefficient (Wildman–Crippen LogP) is 5.50. The van der Waals surface area contributed by atoms with Crippen molar-refractivity contribution in [1.82, 2.24) is 10.2 Å². The van der Waals surface area contributed by atoms with E-state index in [1.54, 1.807) is 12.1 Å². The number of para-hydroxylation sites is 1. The van der Waals surface area contributed by atoms with Crippen molar-refractivity contribution in [2.24, 2.45) is 0 Å². The van der Waals surface area contributed by atoms with Crippen molar-refractivity contribution in [2.45, 2.75) is 10.8 Å². The highest BCUT2D eigenvalue weighted by Crippen LogP contribution is 2.34. The monoisotopic (exact) mass is 373 g/mol. The highest BCUT2D eigenvalue weighted by molar-refractivity contribution is 7.98. The van der Waals surface area contributed by atoms with Crippen LogP contribution in [-0.4, -0.2) is 15.1 Å². The van der Waals surface area contributed by atoms with Crippen LogP contribution in [0.3, 0.4) is 0 Å². The molecule has 1 heterocycles. The number of hydrogen-bond acceptors (Lipinski definition) is 5. The summed E-state index contributed by atoms with van der Waals surface area (Å²) in [5, 5.41) is 22.9. The molecule has 0 saturated heterocycles. The number of thioether (sulfide) groups is 1. The third kappa shape index (κ3) is 3.52. The van der Waals surface area contributed by atoms with Crippen LogP contribution in [0.5, 0.6) is 0 Å². The van der Waals surface area contributed by atoms with E-state index in [2.05, 4.69) is 10.2 Å². The van der Waals surface area contributed by atoms with Crippen molar-refractivity contribution in [1.29, 1.82) is 0 Å². The maximum Gasteiger partial charge on any atom is 0.273 e. The van der Waals surface area contributed by atoms with Gasteiger partial charge in [-0.2, -0.15) is 0 Å². The summed E-state index contributed by atoms with van der Waals surface area (Å²) in [4.78, 5) is 10.9. The van der Waals surface area contributed by atoms with Crippen molar-refractivity contribution >= 4 is 28.2 Å². The topological polar surface area (TPSA) is 68.9 Å². The van der Waals surface area contributed by atoms with E-state index in [0.29, 0.717) is 11.3 Å². The summed E-state index contributed by atoms with van der Waals surface area (Å²) in [6, 6.07) is 24.7. The van der Waals surface area contributed by atoms with E-state index < -0.39 is 0 Å². The number of nitro benzene ring substituents is 1. The quantitative estimate of drug-likeness (QED) is 0.262. The number of nitro groups is 1. The lowest BCUT2D eigenvalue weighted by Crippen LogP contribution is -1.96. The summed E-state index contributed by atoms with van der Waals surface area (Å²) in [6.45, 7) is 0. The van der Waals surface area contributed by atoms with Gasteiger partial charge in [-0.15, -0.1) is 10.2 Å². The van der Waals surface area contributed by atoms with Crippen molar-refractivity contribution in [3.05, 3.63) is 94.5 Å². The largest absolute Gasteiger partial charge is 0.273 e. The van der Waals surface area contributed by atoms with Crippen LogP contribution in [0.15, 0.2) is 83.9 Å². The number of rotatable bonds is 5. The summed E-state index contributed by atoms with van der Waals surface area (Å²) in [5.41, 5.74) is 2.64. The van der Waals surface area contributed by atoms with Crippen LogP contribution in [0.2, 0.25) is 0 Å². The first-order chi connectivity index (χ1) is 13.2. The minimum Gasteiger partial charge on any atom is -0.258 e. The molecular weight excluding hydrogens is 358 g/mol. The first-order valence-electron chi connectivity index (χ1n) is 8.40. The third-order valence-electron chi connectivity index (χ3n) is 4.25. The molecule has 3 aromatic carbocycles. The third-order valence-corrected chi connectivity index (χ3v) is 5.28. The maximum absolute atomic E-state index is 11.2. The zero-order valence-electron chi connectivity index (χ0n) is 14.3. The van der Waals surface area contributed by atoms with Crippen molar-refractivity contribution in [3.8, 4) is 11.3 Å².